The number of hydrogen-bond donors (Lipinski definition) is 3. The topological polar surface area (TPSA) is 87.0 Å². The van der Waals surface area contributed by atoms with Crippen molar-refractivity contribution in [3.63, 3.8) is 0 Å². The average molecular weight is 280 g/mol. The van der Waals surface area contributed by atoms with E-state index in [4.69, 9.17) is 4.74 Å². The maximum absolute atomic E-state index is 11.6. The minimum absolute atomic E-state index is 0.119. The number of carbonyl (C=O) groups is 1. The summed E-state index contributed by atoms with van der Waals surface area (Å²) in [5, 5.41) is 29.0. The van der Waals surface area contributed by atoms with Gasteiger partial charge in [0.2, 0.25) is 0 Å². The van der Waals surface area contributed by atoms with Gasteiger partial charge in [0.1, 0.15) is 6.10 Å². The molecule has 0 saturated carbocycles. The van der Waals surface area contributed by atoms with Crippen molar-refractivity contribution in [1.29, 1.82) is 0 Å². The molecule has 0 radical (unpaired) electrons. The van der Waals surface area contributed by atoms with Gasteiger partial charge in [-0.1, -0.05) is 12.7 Å². The lowest BCUT2D eigenvalue weighted by Gasteiger charge is -2.23. The summed E-state index contributed by atoms with van der Waals surface area (Å²) in [5.41, 5.74) is 1.72. The molecular weight excluding hydrogens is 260 g/mol. The van der Waals surface area contributed by atoms with E-state index >= 15 is 0 Å². The van der Waals surface area contributed by atoms with Gasteiger partial charge in [-0.25, -0.2) is 4.79 Å². The van der Waals surface area contributed by atoms with Crippen LogP contribution >= 0.6 is 0 Å². The summed E-state index contributed by atoms with van der Waals surface area (Å²) in [6, 6.07) is 0. The maximum Gasteiger partial charge on any atom is 0.334 e. The van der Waals surface area contributed by atoms with Crippen molar-refractivity contribution in [2.24, 2.45) is 5.92 Å². The number of allylic oxidation sites excluding steroid dienone is 1. The summed E-state index contributed by atoms with van der Waals surface area (Å²) in [7, 11) is 0. The molecule has 0 aromatic carbocycles. The Labute approximate surface area is 117 Å². The van der Waals surface area contributed by atoms with Gasteiger partial charge in [0.25, 0.3) is 0 Å². The Morgan fingerprint density at radius 3 is 2.65 bits per heavy atom. The molecule has 0 amide bonds. The van der Waals surface area contributed by atoms with E-state index in [2.05, 4.69) is 6.58 Å². The molecule has 2 rings (SSSR count). The smallest absolute Gasteiger partial charge is 0.334 e. The molecule has 2 aliphatic rings. The van der Waals surface area contributed by atoms with Crippen molar-refractivity contribution in [2.75, 3.05) is 13.2 Å². The van der Waals surface area contributed by atoms with E-state index in [1.807, 2.05) is 6.08 Å². The summed E-state index contributed by atoms with van der Waals surface area (Å²) in [6.45, 7) is 3.44. The predicted octanol–water partition coefficient (Wildman–Crippen LogP) is 0.466. The molecule has 1 aliphatic heterocycles. The first-order valence-corrected chi connectivity index (χ1v) is 6.73. The first kappa shape index (κ1) is 15.0. The molecule has 0 unspecified atom stereocenters. The summed E-state index contributed by atoms with van der Waals surface area (Å²) in [6.07, 6.45) is 3.73. The highest BCUT2D eigenvalue weighted by Crippen LogP contribution is 2.34. The van der Waals surface area contributed by atoms with Crippen LogP contribution in [-0.2, 0) is 9.53 Å². The standard InChI is InChI=1S/C15H20O5/c1-9-14-12(18)5-10(7-16)3-2-4-11(8-17)6-13(14)20-15(9)19/h3,6,12-14,16-18H,1-2,4-5,7-8H2/t12-,13+,14+/m0/s1. The number of fused-ring (bicyclic) bond motifs is 1. The van der Waals surface area contributed by atoms with E-state index in [1.54, 1.807) is 6.08 Å². The number of esters is 1. The van der Waals surface area contributed by atoms with Crippen LogP contribution in [0.2, 0.25) is 0 Å². The minimum atomic E-state index is -0.841. The van der Waals surface area contributed by atoms with Gasteiger partial charge in [-0.15, -0.1) is 0 Å². The van der Waals surface area contributed by atoms with Crippen LogP contribution in [0, 0.1) is 5.92 Å². The van der Waals surface area contributed by atoms with E-state index in [9.17, 15) is 20.1 Å². The highest BCUT2D eigenvalue weighted by molar-refractivity contribution is 5.91. The predicted molar refractivity (Wildman–Crippen MR) is 72.7 cm³/mol. The fourth-order valence-electron chi connectivity index (χ4n) is 2.71. The molecular formula is C15H20O5. The minimum Gasteiger partial charge on any atom is -0.454 e. The van der Waals surface area contributed by atoms with E-state index in [1.165, 1.54) is 0 Å². The molecule has 1 saturated heterocycles. The van der Waals surface area contributed by atoms with E-state index < -0.39 is 24.1 Å². The number of hydrogen-bond acceptors (Lipinski definition) is 5. The van der Waals surface area contributed by atoms with Gasteiger partial charge in [-0.3, -0.25) is 0 Å². The maximum atomic E-state index is 11.6. The molecule has 0 aromatic rings. The fourth-order valence-corrected chi connectivity index (χ4v) is 2.71. The SMILES string of the molecule is C=C1C(=O)O[C@@H]2C=C(CO)CCC=C(CO)C[C@H](O)[C@@H]12. The monoisotopic (exact) mass is 280 g/mol. The largest absolute Gasteiger partial charge is 0.454 e. The summed E-state index contributed by atoms with van der Waals surface area (Å²) >= 11 is 0. The van der Waals surface area contributed by atoms with Crippen molar-refractivity contribution in [3.8, 4) is 0 Å². The van der Waals surface area contributed by atoms with Gasteiger partial charge in [0, 0.05) is 5.57 Å². The molecule has 0 spiro atoms. The lowest BCUT2D eigenvalue weighted by atomic mass is 9.85. The van der Waals surface area contributed by atoms with Crippen molar-refractivity contribution in [3.05, 3.63) is 35.5 Å². The average Bonchev–Trinajstić information content (AvgIpc) is 2.71. The zero-order valence-electron chi connectivity index (χ0n) is 11.3. The Bertz CT molecular complexity index is 463. The van der Waals surface area contributed by atoms with Gasteiger partial charge < -0.3 is 20.1 Å². The number of rotatable bonds is 2. The highest BCUT2D eigenvalue weighted by Gasteiger charge is 2.42. The molecule has 110 valence electrons. The lowest BCUT2D eigenvalue weighted by Crippen LogP contribution is -2.29. The summed E-state index contributed by atoms with van der Waals surface area (Å²) in [4.78, 5) is 11.6. The second-order valence-electron chi connectivity index (χ2n) is 5.23. The van der Waals surface area contributed by atoms with Crippen LogP contribution in [0.15, 0.2) is 35.5 Å². The fraction of sp³-hybridized carbons (Fsp3) is 0.533. The molecule has 3 atom stereocenters. The van der Waals surface area contributed by atoms with Crippen LogP contribution in [0.1, 0.15) is 19.3 Å². The van der Waals surface area contributed by atoms with Gasteiger partial charge in [-0.05, 0) is 36.5 Å². The van der Waals surface area contributed by atoms with Crippen molar-refractivity contribution < 1.29 is 24.9 Å². The molecule has 0 bridgehead atoms. The van der Waals surface area contributed by atoms with Gasteiger partial charge >= 0.3 is 5.97 Å². The first-order valence-electron chi connectivity index (χ1n) is 6.73. The first-order chi connectivity index (χ1) is 9.56. The van der Waals surface area contributed by atoms with Gasteiger partial charge in [0.05, 0.1) is 25.2 Å². The Morgan fingerprint density at radius 1 is 1.30 bits per heavy atom. The second kappa shape index (κ2) is 6.35. The highest BCUT2D eigenvalue weighted by atomic mass is 16.6. The molecule has 0 aromatic heterocycles. The number of aliphatic hydroxyl groups excluding tert-OH is 3. The Hall–Kier alpha value is -1.43. The third-order valence-corrected chi connectivity index (χ3v) is 3.85. The normalized spacial score (nSPS) is 31.2. The van der Waals surface area contributed by atoms with Gasteiger partial charge in [0.15, 0.2) is 0 Å². The van der Waals surface area contributed by atoms with Crippen LogP contribution in [-0.4, -0.2) is 46.7 Å². The molecule has 1 heterocycles. The summed E-state index contributed by atoms with van der Waals surface area (Å²) < 4.78 is 5.21. The number of carbonyl (C=O) groups excluding carboxylic acids is 1. The van der Waals surface area contributed by atoms with Crippen molar-refractivity contribution in [1.82, 2.24) is 0 Å². The van der Waals surface area contributed by atoms with Crippen molar-refractivity contribution in [2.45, 2.75) is 31.5 Å². The lowest BCUT2D eigenvalue weighted by molar-refractivity contribution is -0.137. The van der Waals surface area contributed by atoms with Crippen LogP contribution in [0.5, 0.6) is 0 Å². The van der Waals surface area contributed by atoms with Crippen LogP contribution in [0.4, 0.5) is 0 Å². The Balaban J connectivity index is 2.34. The number of ether oxygens (including phenoxy) is 1. The Kier molecular flexibility index (Phi) is 4.75. The van der Waals surface area contributed by atoms with E-state index in [0.717, 1.165) is 11.1 Å². The number of aliphatic hydroxyl groups is 3. The van der Waals surface area contributed by atoms with Gasteiger partial charge in [-0.2, -0.15) is 0 Å². The Morgan fingerprint density at radius 2 is 2.00 bits per heavy atom. The molecule has 3 N–H and O–H groups in total. The quantitative estimate of drug-likeness (QED) is 0.389. The molecule has 20 heavy (non-hydrogen) atoms. The third kappa shape index (κ3) is 3.00. The molecule has 1 fully saturated rings. The van der Waals surface area contributed by atoms with Crippen molar-refractivity contribution >= 4 is 5.97 Å². The van der Waals surface area contributed by atoms with Crippen LogP contribution < -0.4 is 0 Å². The van der Waals surface area contributed by atoms with Crippen LogP contribution in [0.25, 0.3) is 0 Å². The molecule has 1 aliphatic carbocycles. The van der Waals surface area contributed by atoms with E-state index in [-0.39, 0.29) is 25.2 Å². The third-order valence-electron chi connectivity index (χ3n) is 3.85. The zero-order valence-corrected chi connectivity index (χ0v) is 11.3. The zero-order chi connectivity index (χ0) is 14.7. The van der Waals surface area contributed by atoms with E-state index in [0.29, 0.717) is 12.8 Å². The second-order valence-corrected chi connectivity index (χ2v) is 5.23. The molecule has 5 heteroatoms. The summed E-state index contributed by atoms with van der Waals surface area (Å²) in [5.74, 6) is -1.04. The van der Waals surface area contributed by atoms with Crippen LogP contribution in [0.3, 0.4) is 0 Å². The molecule has 5 nitrogen and oxygen atoms in total.